The van der Waals surface area contributed by atoms with Crippen molar-refractivity contribution in [3.63, 3.8) is 0 Å². The number of amides is 2. The molecular weight excluding hydrogens is 516 g/mol. The lowest BCUT2D eigenvalue weighted by atomic mass is 9.99. The summed E-state index contributed by atoms with van der Waals surface area (Å²) in [6.45, 7) is 0.187. The predicted molar refractivity (Wildman–Crippen MR) is 147 cm³/mol. The van der Waals surface area contributed by atoms with Gasteiger partial charge in [0.1, 0.15) is 11.6 Å². The summed E-state index contributed by atoms with van der Waals surface area (Å²) in [6.07, 6.45) is 3.59. The minimum Gasteiger partial charge on any atom is -0.495 e. The summed E-state index contributed by atoms with van der Waals surface area (Å²) in [4.78, 5) is 50.1. The third kappa shape index (κ3) is 5.97. The van der Waals surface area contributed by atoms with E-state index in [0.717, 1.165) is 11.3 Å². The summed E-state index contributed by atoms with van der Waals surface area (Å²) in [7, 11) is 1.54. The summed E-state index contributed by atoms with van der Waals surface area (Å²) < 4.78 is 5.09. The number of ether oxygens (including phenoxy) is 1. The molecule has 0 unspecified atom stereocenters. The molecule has 0 saturated heterocycles. The van der Waals surface area contributed by atoms with Crippen molar-refractivity contribution in [2.24, 2.45) is 0 Å². The number of fused-ring (bicyclic) bond motifs is 1. The number of Topliss-reactive ketones (excluding diaryl/α,β-unsaturated/α-hetero) is 1. The van der Waals surface area contributed by atoms with Gasteiger partial charge in [0, 0.05) is 47.4 Å². The molecular formula is C30H25ClN4O4. The quantitative estimate of drug-likeness (QED) is 0.362. The highest BCUT2D eigenvalue weighted by Crippen LogP contribution is 2.27. The first-order valence-corrected chi connectivity index (χ1v) is 12.7. The first-order valence-electron chi connectivity index (χ1n) is 12.3. The number of carbonyl (C=O) groups excluding carboxylic acids is 3. The number of rotatable bonds is 7. The van der Waals surface area contributed by atoms with E-state index in [1.807, 2.05) is 18.2 Å². The number of pyridine rings is 2. The number of methoxy groups -OCH3 is 1. The van der Waals surface area contributed by atoms with Crippen molar-refractivity contribution in [2.75, 3.05) is 12.4 Å². The molecule has 3 heterocycles. The van der Waals surface area contributed by atoms with E-state index < -0.39 is 6.04 Å². The van der Waals surface area contributed by atoms with Crippen LogP contribution in [0.25, 0.3) is 0 Å². The van der Waals surface area contributed by atoms with Crippen LogP contribution in [0, 0.1) is 0 Å². The maximum Gasteiger partial charge on any atom is 0.256 e. The SMILES string of the molecule is COc1ccc(NC(=O)c2ccc(CN3C(=O)c4ccc(Cl)cc4CC(=O)[C@H]3Cc3ccccn3)cc2)nc1. The Morgan fingerprint density at radius 3 is 2.56 bits per heavy atom. The number of aromatic nitrogens is 2. The largest absolute Gasteiger partial charge is 0.495 e. The van der Waals surface area contributed by atoms with Crippen molar-refractivity contribution < 1.29 is 19.1 Å². The van der Waals surface area contributed by atoms with Crippen LogP contribution in [0.1, 0.15) is 37.5 Å². The zero-order valence-corrected chi connectivity index (χ0v) is 21.9. The highest BCUT2D eigenvalue weighted by molar-refractivity contribution is 6.30. The number of carbonyl (C=O) groups is 3. The van der Waals surface area contributed by atoms with Gasteiger partial charge in [-0.05, 0) is 65.7 Å². The number of ketones is 1. The Morgan fingerprint density at radius 2 is 1.87 bits per heavy atom. The Kier molecular flexibility index (Phi) is 7.65. The molecule has 0 aliphatic carbocycles. The molecule has 1 aliphatic heterocycles. The van der Waals surface area contributed by atoms with E-state index in [9.17, 15) is 14.4 Å². The Morgan fingerprint density at radius 1 is 1.05 bits per heavy atom. The average Bonchev–Trinajstić information content (AvgIpc) is 3.04. The normalized spacial score (nSPS) is 14.9. The van der Waals surface area contributed by atoms with Crippen LogP contribution in [0.2, 0.25) is 5.02 Å². The third-order valence-electron chi connectivity index (χ3n) is 6.58. The maximum atomic E-state index is 13.8. The lowest BCUT2D eigenvalue weighted by Crippen LogP contribution is -2.44. The molecule has 5 rings (SSSR count). The van der Waals surface area contributed by atoms with Gasteiger partial charge in [-0.2, -0.15) is 0 Å². The molecule has 196 valence electrons. The molecule has 4 aromatic rings. The van der Waals surface area contributed by atoms with Gasteiger partial charge in [0.15, 0.2) is 5.78 Å². The fourth-order valence-electron chi connectivity index (χ4n) is 4.54. The molecule has 0 radical (unpaired) electrons. The van der Waals surface area contributed by atoms with Gasteiger partial charge < -0.3 is 15.0 Å². The van der Waals surface area contributed by atoms with Crippen LogP contribution in [0.4, 0.5) is 5.82 Å². The molecule has 9 heteroatoms. The molecule has 0 spiro atoms. The van der Waals surface area contributed by atoms with Crippen LogP contribution in [0.15, 0.2) is 85.2 Å². The highest BCUT2D eigenvalue weighted by Gasteiger charge is 2.35. The monoisotopic (exact) mass is 540 g/mol. The van der Waals surface area contributed by atoms with Crippen LogP contribution in [0.5, 0.6) is 5.75 Å². The van der Waals surface area contributed by atoms with Crippen LogP contribution < -0.4 is 10.1 Å². The number of hydrogen-bond acceptors (Lipinski definition) is 6. The van der Waals surface area contributed by atoms with Crippen LogP contribution >= 0.6 is 11.6 Å². The molecule has 2 amide bonds. The zero-order chi connectivity index (χ0) is 27.4. The first kappa shape index (κ1) is 26.1. The minimum absolute atomic E-state index is 0.0852. The molecule has 1 atom stereocenters. The van der Waals surface area contributed by atoms with Gasteiger partial charge in [0.25, 0.3) is 11.8 Å². The van der Waals surface area contributed by atoms with Gasteiger partial charge in [-0.3, -0.25) is 19.4 Å². The second kappa shape index (κ2) is 11.4. The van der Waals surface area contributed by atoms with E-state index in [1.165, 1.54) is 6.20 Å². The zero-order valence-electron chi connectivity index (χ0n) is 21.1. The van der Waals surface area contributed by atoms with E-state index in [0.29, 0.717) is 39.7 Å². The van der Waals surface area contributed by atoms with E-state index >= 15 is 0 Å². The highest BCUT2D eigenvalue weighted by atomic mass is 35.5. The third-order valence-corrected chi connectivity index (χ3v) is 6.82. The van der Waals surface area contributed by atoms with Crippen molar-refractivity contribution >= 4 is 35.0 Å². The van der Waals surface area contributed by atoms with Crippen LogP contribution in [-0.2, 0) is 24.2 Å². The first-order chi connectivity index (χ1) is 18.9. The van der Waals surface area contributed by atoms with Crippen molar-refractivity contribution in [2.45, 2.75) is 25.4 Å². The smallest absolute Gasteiger partial charge is 0.256 e. The summed E-state index contributed by atoms with van der Waals surface area (Å²) in [5, 5.41) is 3.22. The molecule has 39 heavy (non-hydrogen) atoms. The van der Waals surface area contributed by atoms with Gasteiger partial charge in [0.05, 0.1) is 19.3 Å². The number of halogens is 1. The van der Waals surface area contributed by atoms with E-state index in [-0.39, 0.29) is 30.6 Å². The molecule has 1 N–H and O–H groups in total. The van der Waals surface area contributed by atoms with Crippen molar-refractivity contribution in [3.8, 4) is 5.75 Å². The standard InChI is InChI=1S/C30H25ClN4O4/c1-39-24-10-12-28(33-17-24)34-29(37)20-7-5-19(6-8-20)18-35-26(16-23-4-2-3-13-32-23)27(36)15-21-14-22(31)9-11-25(21)30(35)38/h2-14,17,26H,15-16,18H2,1H3,(H,33,34,37)/t26-/m1/s1. The van der Waals surface area contributed by atoms with Crippen molar-refractivity contribution in [1.82, 2.24) is 14.9 Å². The molecule has 2 aromatic heterocycles. The summed E-state index contributed by atoms with van der Waals surface area (Å²) >= 11 is 6.17. The fraction of sp³-hybridized carbons (Fsp3) is 0.167. The Labute approximate surface area is 230 Å². The molecule has 0 fully saturated rings. The average molecular weight is 541 g/mol. The van der Waals surface area contributed by atoms with Crippen molar-refractivity contribution in [1.29, 1.82) is 0 Å². The molecule has 8 nitrogen and oxygen atoms in total. The van der Waals surface area contributed by atoms with Gasteiger partial charge in [-0.1, -0.05) is 29.8 Å². The Bertz CT molecular complexity index is 1510. The van der Waals surface area contributed by atoms with Gasteiger partial charge in [-0.15, -0.1) is 0 Å². The predicted octanol–water partition coefficient (Wildman–Crippen LogP) is 4.77. The maximum absolute atomic E-state index is 13.8. The van der Waals surface area contributed by atoms with E-state index in [4.69, 9.17) is 16.3 Å². The van der Waals surface area contributed by atoms with E-state index in [2.05, 4.69) is 15.3 Å². The summed E-state index contributed by atoms with van der Waals surface area (Å²) in [5.74, 6) is 0.332. The Balaban J connectivity index is 1.39. The Hall–Kier alpha value is -4.56. The molecule has 1 aliphatic rings. The number of anilines is 1. The van der Waals surface area contributed by atoms with Gasteiger partial charge >= 0.3 is 0 Å². The lowest BCUT2D eigenvalue weighted by Gasteiger charge is -2.29. The molecule has 2 aromatic carbocycles. The molecule has 0 saturated carbocycles. The summed E-state index contributed by atoms with van der Waals surface area (Å²) in [6, 6.07) is 20.1. The van der Waals surface area contributed by atoms with Crippen molar-refractivity contribution in [3.05, 3.63) is 118 Å². The summed E-state index contributed by atoms with van der Waals surface area (Å²) in [5.41, 5.74) is 3.00. The second-order valence-corrected chi connectivity index (χ2v) is 9.59. The second-order valence-electron chi connectivity index (χ2n) is 9.15. The molecule has 0 bridgehead atoms. The van der Waals surface area contributed by atoms with E-state index in [1.54, 1.807) is 72.8 Å². The van der Waals surface area contributed by atoms with Gasteiger partial charge in [-0.25, -0.2) is 4.98 Å². The lowest BCUT2D eigenvalue weighted by molar-refractivity contribution is -0.122. The number of nitrogens with one attached hydrogen (secondary N) is 1. The van der Waals surface area contributed by atoms with Crippen LogP contribution in [0.3, 0.4) is 0 Å². The number of hydrogen-bond donors (Lipinski definition) is 1. The topological polar surface area (TPSA) is 101 Å². The van der Waals surface area contributed by atoms with Crippen LogP contribution in [-0.4, -0.2) is 45.6 Å². The van der Waals surface area contributed by atoms with Gasteiger partial charge in [0.2, 0.25) is 0 Å². The number of nitrogens with zero attached hydrogens (tertiary/aromatic N) is 3. The number of benzene rings is 2. The minimum atomic E-state index is -0.706. The fourth-order valence-corrected chi connectivity index (χ4v) is 4.73.